The molecule has 0 aliphatic carbocycles. The van der Waals surface area contributed by atoms with Crippen molar-refractivity contribution in [1.29, 1.82) is 0 Å². The molecular weight excluding hydrogens is 387 g/mol. The van der Waals surface area contributed by atoms with Gasteiger partial charge in [-0.1, -0.05) is 42.1 Å². The van der Waals surface area contributed by atoms with Crippen molar-refractivity contribution in [1.82, 2.24) is 14.5 Å². The maximum absolute atomic E-state index is 13.1. The first-order valence-corrected chi connectivity index (χ1v) is 10.6. The van der Waals surface area contributed by atoms with Crippen molar-refractivity contribution < 1.29 is 9.18 Å². The Kier molecular flexibility index (Phi) is 5.85. The number of imidazole rings is 1. The maximum Gasteiger partial charge on any atom is 0.233 e. The quantitative estimate of drug-likeness (QED) is 0.602. The van der Waals surface area contributed by atoms with E-state index in [4.69, 9.17) is 0 Å². The fraction of sp³-hybridized carbons (Fsp3) is 0.273. The second-order valence-electron chi connectivity index (χ2n) is 6.98. The zero-order valence-corrected chi connectivity index (χ0v) is 17.1. The summed E-state index contributed by atoms with van der Waals surface area (Å²) in [5.74, 6) is 0.262. The smallest absolute Gasteiger partial charge is 0.233 e. The van der Waals surface area contributed by atoms with Crippen LogP contribution in [0.1, 0.15) is 0 Å². The predicted octanol–water partition coefficient (Wildman–Crippen LogP) is 3.67. The Morgan fingerprint density at radius 2 is 1.72 bits per heavy atom. The molecule has 0 unspecified atom stereocenters. The topological polar surface area (TPSA) is 41.4 Å². The molecule has 29 heavy (non-hydrogen) atoms. The summed E-state index contributed by atoms with van der Waals surface area (Å²) >= 11 is 1.47. The number of halogens is 1. The summed E-state index contributed by atoms with van der Waals surface area (Å²) in [4.78, 5) is 21.2. The number of amides is 1. The summed E-state index contributed by atoms with van der Waals surface area (Å²) in [5.41, 5.74) is 3.14. The Balaban J connectivity index is 1.31. The van der Waals surface area contributed by atoms with Crippen molar-refractivity contribution in [3.05, 3.63) is 66.6 Å². The number of piperazine rings is 1. The van der Waals surface area contributed by atoms with Crippen LogP contribution in [0, 0.1) is 5.82 Å². The molecule has 1 aliphatic heterocycles. The van der Waals surface area contributed by atoms with Crippen molar-refractivity contribution in [2.24, 2.45) is 7.05 Å². The van der Waals surface area contributed by atoms with Gasteiger partial charge < -0.3 is 14.4 Å². The lowest BCUT2D eigenvalue weighted by Crippen LogP contribution is -2.49. The van der Waals surface area contributed by atoms with Crippen LogP contribution in [0.25, 0.3) is 11.3 Å². The number of benzene rings is 2. The Morgan fingerprint density at radius 3 is 2.41 bits per heavy atom. The minimum atomic E-state index is -0.232. The molecule has 0 spiro atoms. The van der Waals surface area contributed by atoms with E-state index in [1.54, 1.807) is 12.1 Å². The lowest BCUT2D eigenvalue weighted by Gasteiger charge is -2.36. The van der Waals surface area contributed by atoms with Crippen molar-refractivity contribution >= 4 is 23.4 Å². The molecule has 1 saturated heterocycles. The summed E-state index contributed by atoms with van der Waals surface area (Å²) < 4.78 is 15.1. The molecule has 1 fully saturated rings. The lowest BCUT2D eigenvalue weighted by atomic mass is 10.2. The fourth-order valence-corrected chi connectivity index (χ4v) is 4.34. The van der Waals surface area contributed by atoms with Crippen molar-refractivity contribution in [3.8, 4) is 11.3 Å². The molecule has 0 atom stereocenters. The van der Waals surface area contributed by atoms with Crippen LogP contribution < -0.4 is 4.90 Å². The third-order valence-corrected chi connectivity index (χ3v) is 6.19. The molecule has 0 bridgehead atoms. The molecule has 3 aromatic rings. The van der Waals surface area contributed by atoms with E-state index in [0.29, 0.717) is 18.8 Å². The van der Waals surface area contributed by atoms with E-state index in [1.165, 1.54) is 23.9 Å². The van der Waals surface area contributed by atoms with Gasteiger partial charge in [0.1, 0.15) is 5.82 Å². The number of thioether (sulfide) groups is 1. The molecule has 1 aliphatic rings. The SMILES string of the molecule is Cn1c(-c2ccccc2)cnc1SCC(=O)N1CCN(c2ccc(F)cc2)CC1. The van der Waals surface area contributed by atoms with Gasteiger partial charge in [0.15, 0.2) is 5.16 Å². The van der Waals surface area contributed by atoms with Crippen molar-refractivity contribution in [2.75, 3.05) is 36.8 Å². The molecule has 150 valence electrons. The largest absolute Gasteiger partial charge is 0.368 e. The summed E-state index contributed by atoms with van der Waals surface area (Å²) in [6.07, 6.45) is 1.85. The average molecular weight is 411 g/mol. The number of carbonyl (C=O) groups excluding carboxylic acids is 1. The summed E-state index contributed by atoms with van der Waals surface area (Å²) in [7, 11) is 1.98. The van der Waals surface area contributed by atoms with Gasteiger partial charge >= 0.3 is 0 Å². The number of hydrogen-bond acceptors (Lipinski definition) is 4. The third-order valence-electron chi connectivity index (χ3n) is 5.16. The van der Waals surface area contributed by atoms with Gasteiger partial charge in [0.2, 0.25) is 5.91 Å². The maximum atomic E-state index is 13.1. The highest BCUT2D eigenvalue weighted by molar-refractivity contribution is 7.99. The summed E-state index contributed by atoms with van der Waals surface area (Å²) in [6.45, 7) is 2.85. The number of carbonyl (C=O) groups is 1. The van der Waals surface area contributed by atoms with Crippen LogP contribution in [0.15, 0.2) is 66.0 Å². The van der Waals surface area contributed by atoms with Crippen LogP contribution in [-0.4, -0.2) is 52.3 Å². The van der Waals surface area contributed by atoms with Gasteiger partial charge in [0, 0.05) is 38.9 Å². The number of anilines is 1. The Morgan fingerprint density at radius 1 is 1.03 bits per heavy atom. The standard InChI is InChI=1S/C22H23FN4OS/c1-25-20(17-5-3-2-4-6-17)15-24-22(25)29-16-21(28)27-13-11-26(12-14-27)19-9-7-18(23)8-10-19/h2-10,15H,11-14,16H2,1H3. The molecule has 0 radical (unpaired) electrons. The van der Waals surface area contributed by atoms with E-state index in [9.17, 15) is 9.18 Å². The first kappa shape index (κ1) is 19.5. The molecule has 2 aromatic carbocycles. The van der Waals surface area contributed by atoms with E-state index in [2.05, 4.69) is 22.0 Å². The van der Waals surface area contributed by atoms with Crippen LogP contribution in [0.4, 0.5) is 10.1 Å². The normalized spacial score (nSPS) is 14.3. The number of hydrogen-bond donors (Lipinski definition) is 0. The average Bonchev–Trinajstić information content (AvgIpc) is 3.13. The first-order chi connectivity index (χ1) is 14.1. The van der Waals surface area contributed by atoms with Gasteiger partial charge in [0.25, 0.3) is 0 Å². The zero-order chi connectivity index (χ0) is 20.2. The summed E-state index contributed by atoms with van der Waals surface area (Å²) in [5, 5.41) is 0.835. The van der Waals surface area contributed by atoms with Crippen LogP contribution in [0.5, 0.6) is 0 Å². The van der Waals surface area contributed by atoms with Gasteiger partial charge in [-0.15, -0.1) is 0 Å². The molecule has 0 N–H and O–H groups in total. The van der Waals surface area contributed by atoms with Crippen LogP contribution in [0.2, 0.25) is 0 Å². The summed E-state index contributed by atoms with van der Waals surface area (Å²) in [6, 6.07) is 16.6. The fourth-order valence-electron chi connectivity index (χ4n) is 3.49. The van der Waals surface area contributed by atoms with Crippen LogP contribution in [0.3, 0.4) is 0 Å². The number of nitrogens with zero attached hydrogens (tertiary/aromatic N) is 4. The Hall–Kier alpha value is -2.80. The van der Waals surface area contributed by atoms with Gasteiger partial charge in [0.05, 0.1) is 17.6 Å². The Labute approximate surface area is 174 Å². The molecule has 1 amide bonds. The van der Waals surface area contributed by atoms with Crippen LogP contribution in [-0.2, 0) is 11.8 Å². The molecule has 4 rings (SSSR count). The van der Waals surface area contributed by atoms with E-state index in [-0.39, 0.29) is 11.7 Å². The number of aromatic nitrogens is 2. The highest BCUT2D eigenvalue weighted by Crippen LogP contribution is 2.25. The van der Waals surface area contributed by atoms with Gasteiger partial charge in [-0.3, -0.25) is 4.79 Å². The molecule has 0 saturated carbocycles. The monoisotopic (exact) mass is 410 g/mol. The van der Waals surface area contributed by atoms with E-state index >= 15 is 0 Å². The van der Waals surface area contributed by atoms with Gasteiger partial charge in [-0.05, 0) is 29.8 Å². The minimum absolute atomic E-state index is 0.123. The van der Waals surface area contributed by atoms with Gasteiger partial charge in [-0.2, -0.15) is 0 Å². The predicted molar refractivity (Wildman–Crippen MR) is 115 cm³/mol. The van der Waals surface area contributed by atoms with Gasteiger partial charge in [-0.25, -0.2) is 9.37 Å². The zero-order valence-electron chi connectivity index (χ0n) is 16.3. The van der Waals surface area contributed by atoms with E-state index in [0.717, 1.165) is 35.2 Å². The first-order valence-electron chi connectivity index (χ1n) is 9.60. The minimum Gasteiger partial charge on any atom is -0.368 e. The second-order valence-corrected chi connectivity index (χ2v) is 7.93. The molecule has 5 nitrogen and oxygen atoms in total. The highest BCUT2D eigenvalue weighted by atomic mass is 32.2. The lowest BCUT2D eigenvalue weighted by molar-refractivity contribution is -0.128. The molecular formula is C22H23FN4OS. The number of rotatable bonds is 5. The van der Waals surface area contributed by atoms with Crippen LogP contribution >= 0.6 is 11.8 Å². The van der Waals surface area contributed by atoms with Crippen molar-refractivity contribution in [3.63, 3.8) is 0 Å². The second kappa shape index (κ2) is 8.69. The van der Waals surface area contributed by atoms with Crippen molar-refractivity contribution in [2.45, 2.75) is 5.16 Å². The highest BCUT2D eigenvalue weighted by Gasteiger charge is 2.22. The molecule has 2 heterocycles. The Bertz CT molecular complexity index is 966. The molecule has 1 aromatic heterocycles. The third kappa shape index (κ3) is 4.45. The van der Waals surface area contributed by atoms with E-state index in [1.807, 2.05) is 40.9 Å². The molecule has 7 heteroatoms. The van der Waals surface area contributed by atoms with E-state index < -0.39 is 0 Å².